The highest BCUT2D eigenvalue weighted by Crippen LogP contribution is 2.27. The molecule has 0 spiro atoms. The summed E-state index contributed by atoms with van der Waals surface area (Å²) >= 11 is 0. The molecule has 0 radical (unpaired) electrons. The van der Waals surface area contributed by atoms with Gasteiger partial charge in [0.25, 0.3) is 0 Å². The third-order valence-corrected chi connectivity index (χ3v) is 4.69. The molecule has 0 saturated carbocycles. The van der Waals surface area contributed by atoms with E-state index in [1.807, 2.05) is 13.8 Å². The number of ether oxygens (including phenoxy) is 3. The predicted molar refractivity (Wildman–Crippen MR) is 117 cm³/mol. The average molecular weight is 436 g/mol. The molecule has 4 aromatic rings. The number of carbonyl (C=O) groups excluding carboxylic acids is 1. The molecule has 0 bridgehead atoms. The zero-order valence-corrected chi connectivity index (χ0v) is 17.5. The van der Waals surface area contributed by atoms with Crippen molar-refractivity contribution >= 4 is 27.9 Å². The van der Waals surface area contributed by atoms with Crippen molar-refractivity contribution < 1.29 is 27.8 Å². The maximum Gasteiger partial charge on any atom is 0.344 e. The Balaban J connectivity index is 1.56. The molecule has 8 heteroatoms. The summed E-state index contributed by atoms with van der Waals surface area (Å²) in [6.07, 6.45) is 1.92. The first-order chi connectivity index (χ1) is 15.4. The van der Waals surface area contributed by atoms with Crippen LogP contribution in [-0.4, -0.2) is 19.2 Å². The molecule has 0 aliphatic rings. The van der Waals surface area contributed by atoms with Gasteiger partial charge in [0.2, 0.25) is 11.2 Å². The summed E-state index contributed by atoms with van der Waals surface area (Å²) in [6, 6.07) is 11.0. The number of carbonyl (C=O) groups is 1. The summed E-state index contributed by atoms with van der Waals surface area (Å²) in [6.45, 7) is 3.80. The van der Waals surface area contributed by atoms with Gasteiger partial charge < -0.3 is 23.0 Å². The van der Waals surface area contributed by atoms with Crippen molar-refractivity contribution in [2.24, 2.45) is 0 Å². The minimum absolute atomic E-state index is 0.0244. The van der Waals surface area contributed by atoms with Crippen molar-refractivity contribution in [3.05, 3.63) is 74.9 Å². The lowest BCUT2D eigenvalue weighted by molar-refractivity contribution is -0.146. The van der Waals surface area contributed by atoms with Gasteiger partial charge in [-0.2, -0.15) is 0 Å². The molecule has 8 nitrogen and oxygen atoms in total. The van der Waals surface area contributed by atoms with E-state index >= 15 is 0 Å². The van der Waals surface area contributed by atoms with Gasteiger partial charge >= 0.3 is 11.6 Å². The van der Waals surface area contributed by atoms with Gasteiger partial charge in [-0.3, -0.25) is 4.79 Å². The van der Waals surface area contributed by atoms with Crippen molar-refractivity contribution in [2.75, 3.05) is 13.2 Å². The average Bonchev–Trinajstić information content (AvgIpc) is 2.77. The minimum atomic E-state index is -0.474. The summed E-state index contributed by atoms with van der Waals surface area (Å²) in [5.74, 6) is 0.188. The van der Waals surface area contributed by atoms with Gasteiger partial charge in [0.05, 0.1) is 12.0 Å². The Kier molecular flexibility index (Phi) is 5.93. The van der Waals surface area contributed by atoms with Crippen LogP contribution in [0.25, 0.3) is 21.9 Å². The number of hydrogen-bond donors (Lipinski definition) is 0. The fourth-order valence-corrected chi connectivity index (χ4v) is 3.15. The van der Waals surface area contributed by atoms with Crippen molar-refractivity contribution in [2.45, 2.75) is 20.3 Å². The smallest absolute Gasteiger partial charge is 0.344 e. The largest absolute Gasteiger partial charge is 0.482 e. The third kappa shape index (κ3) is 4.49. The van der Waals surface area contributed by atoms with E-state index < -0.39 is 11.6 Å². The normalized spacial score (nSPS) is 10.9. The van der Waals surface area contributed by atoms with Crippen LogP contribution in [0.5, 0.6) is 17.2 Å². The molecule has 0 N–H and O–H groups in total. The van der Waals surface area contributed by atoms with Crippen molar-refractivity contribution in [3.8, 4) is 17.2 Å². The van der Waals surface area contributed by atoms with Crippen LogP contribution in [0.4, 0.5) is 0 Å². The van der Waals surface area contributed by atoms with Gasteiger partial charge in [0, 0.05) is 23.6 Å². The van der Waals surface area contributed by atoms with Gasteiger partial charge in [-0.1, -0.05) is 6.92 Å². The molecule has 32 heavy (non-hydrogen) atoms. The van der Waals surface area contributed by atoms with E-state index in [0.29, 0.717) is 23.7 Å². The molecular weight excluding hydrogens is 416 g/mol. The van der Waals surface area contributed by atoms with E-state index in [0.717, 1.165) is 17.4 Å². The molecule has 0 aliphatic heterocycles. The highest BCUT2D eigenvalue weighted by molar-refractivity contribution is 5.82. The lowest BCUT2D eigenvalue weighted by atomic mass is 10.1. The van der Waals surface area contributed by atoms with Crippen LogP contribution in [0, 0.1) is 6.92 Å². The lowest BCUT2D eigenvalue weighted by Crippen LogP contribution is -2.15. The molecule has 0 aliphatic carbocycles. The van der Waals surface area contributed by atoms with Crippen LogP contribution in [0.15, 0.2) is 67.2 Å². The molecule has 0 saturated heterocycles. The Morgan fingerprint density at radius 2 is 1.72 bits per heavy atom. The summed E-state index contributed by atoms with van der Waals surface area (Å²) in [7, 11) is 0. The number of aryl methyl sites for hydroxylation is 1. The highest BCUT2D eigenvalue weighted by Gasteiger charge is 2.12. The fourth-order valence-electron chi connectivity index (χ4n) is 3.15. The second-order valence-electron chi connectivity index (χ2n) is 7.10. The van der Waals surface area contributed by atoms with Crippen LogP contribution >= 0.6 is 0 Å². The van der Waals surface area contributed by atoms with E-state index in [-0.39, 0.29) is 28.8 Å². The quantitative estimate of drug-likeness (QED) is 0.311. The third-order valence-electron chi connectivity index (χ3n) is 4.69. The van der Waals surface area contributed by atoms with Crippen molar-refractivity contribution in [3.63, 3.8) is 0 Å². The molecule has 0 atom stereocenters. The Morgan fingerprint density at radius 1 is 0.969 bits per heavy atom. The molecule has 4 rings (SSSR count). The Morgan fingerprint density at radius 3 is 2.53 bits per heavy atom. The van der Waals surface area contributed by atoms with E-state index in [9.17, 15) is 14.4 Å². The molecule has 2 aromatic heterocycles. The standard InChI is InChI=1S/C24H20O8/c1-3-8-28-23(26)13-29-15-4-7-18-19(10-15)30-12-21(24(18)27)31-16-5-6-17-14(2)9-22(25)32-20(17)11-16/h4-7,9-12H,3,8,13H2,1-2H3. The van der Waals surface area contributed by atoms with E-state index in [1.165, 1.54) is 24.5 Å². The van der Waals surface area contributed by atoms with Crippen LogP contribution in [0.3, 0.4) is 0 Å². The van der Waals surface area contributed by atoms with Crippen molar-refractivity contribution in [1.82, 2.24) is 0 Å². The molecule has 0 unspecified atom stereocenters. The van der Waals surface area contributed by atoms with Gasteiger partial charge in [-0.05, 0) is 43.2 Å². The summed E-state index contributed by atoms with van der Waals surface area (Å²) in [5, 5.41) is 1.06. The fraction of sp³-hybridized carbons (Fsp3) is 0.208. The molecular formula is C24H20O8. The summed E-state index contributed by atoms with van der Waals surface area (Å²) < 4.78 is 26.8. The predicted octanol–water partition coefficient (Wildman–Crippen LogP) is 4.33. The molecule has 0 amide bonds. The Hall–Kier alpha value is -4.07. The Labute approximate surface area is 181 Å². The summed E-state index contributed by atoms with van der Waals surface area (Å²) in [4.78, 5) is 36.0. The Bertz CT molecular complexity index is 1410. The maximum absolute atomic E-state index is 12.8. The topological polar surface area (TPSA) is 105 Å². The zero-order chi connectivity index (χ0) is 22.7. The molecule has 2 heterocycles. The number of fused-ring (bicyclic) bond motifs is 2. The van der Waals surface area contributed by atoms with Gasteiger partial charge in [-0.25, -0.2) is 9.59 Å². The number of benzene rings is 2. The molecule has 0 fully saturated rings. The van der Waals surface area contributed by atoms with E-state index in [2.05, 4.69) is 0 Å². The first kappa shape index (κ1) is 21.2. The zero-order valence-electron chi connectivity index (χ0n) is 17.5. The van der Waals surface area contributed by atoms with E-state index in [4.69, 9.17) is 23.0 Å². The van der Waals surface area contributed by atoms with Gasteiger partial charge in [0.1, 0.15) is 28.9 Å². The first-order valence-electron chi connectivity index (χ1n) is 10.0. The van der Waals surface area contributed by atoms with Crippen LogP contribution in [-0.2, 0) is 9.53 Å². The SMILES string of the molecule is CCCOC(=O)COc1ccc2c(=O)c(Oc3ccc4c(C)cc(=O)oc4c3)coc2c1. The van der Waals surface area contributed by atoms with Gasteiger partial charge in [0.15, 0.2) is 6.61 Å². The number of rotatable bonds is 7. The first-order valence-corrected chi connectivity index (χ1v) is 10.0. The minimum Gasteiger partial charge on any atom is -0.482 e. The molecule has 164 valence electrons. The lowest BCUT2D eigenvalue weighted by Gasteiger charge is -2.09. The van der Waals surface area contributed by atoms with Crippen LogP contribution in [0.2, 0.25) is 0 Å². The van der Waals surface area contributed by atoms with Gasteiger partial charge in [-0.15, -0.1) is 0 Å². The van der Waals surface area contributed by atoms with Crippen LogP contribution in [0.1, 0.15) is 18.9 Å². The number of esters is 1. The second-order valence-corrected chi connectivity index (χ2v) is 7.10. The molecule has 2 aromatic carbocycles. The highest BCUT2D eigenvalue weighted by atomic mass is 16.6. The summed E-state index contributed by atoms with van der Waals surface area (Å²) in [5.41, 5.74) is 0.573. The number of hydrogen-bond acceptors (Lipinski definition) is 8. The van der Waals surface area contributed by atoms with E-state index in [1.54, 1.807) is 24.3 Å². The second kappa shape index (κ2) is 8.97. The maximum atomic E-state index is 12.8. The monoisotopic (exact) mass is 436 g/mol. The van der Waals surface area contributed by atoms with Crippen molar-refractivity contribution in [1.29, 1.82) is 0 Å². The van der Waals surface area contributed by atoms with Crippen LogP contribution < -0.4 is 20.5 Å².